The number of hydrogen-bond acceptors (Lipinski definition) is 4. The molecule has 0 radical (unpaired) electrons. The van der Waals surface area contributed by atoms with Crippen LogP contribution in [-0.4, -0.2) is 33.6 Å². The maximum atomic E-state index is 14.2. The maximum Gasteiger partial charge on any atom is 0.315 e. The number of nitrogens with zero attached hydrogens (tertiary/aromatic N) is 1. The Labute approximate surface area is 176 Å². The number of nitrogens with one attached hydrogen (secondary N) is 2. The number of sulfonamides is 1. The number of nitrogens with two attached hydrogens (primary N) is 1. The van der Waals surface area contributed by atoms with Crippen molar-refractivity contribution in [2.45, 2.75) is 43.7 Å². The monoisotopic (exact) mass is 434 g/mol. The predicted octanol–water partition coefficient (Wildman–Crippen LogP) is 2.81. The molecule has 30 heavy (non-hydrogen) atoms. The highest BCUT2D eigenvalue weighted by Crippen LogP contribution is 2.24. The predicted molar refractivity (Wildman–Crippen MR) is 114 cm³/mol. The summed E-state index contributed by atoms with van der Waals surface area (Å²) in [5, 5.41) is 10.9. The first-order chi connectivity index (χ1) is 14.1. The first-order valence-corrected chi connectivity index (χ1v) is 11.4. The van der Waals surface area contributed by atoms with Gasteiger partial charge < -0.3 is 15.5 Å². The number of urea groups is 1. The van der Waals surface area contributed by atoms with Gasteiger partial charge in [-0.05, 0) is 62.1 Å². The van der Waals surface area contributed by atoms with Crippen molar-refractivity contribution in [1.82, 2.24) is 10.6 Å². The first-order valence-electron chi connectivity index (χ1n) is 9.84. The Morgan fingerprint density at radius 3 is 2.77 bits per heavy atom. The first kappa shape index (κ1) is 22.0. The van der Waals surface area contributed by atoms with Gasteiger partial charge in [0.15, 0.2) is 0 Å². The smallest absolute Gasteiger partial charge is 0.315 e. The molecular formula is C21H27FN4O3S. The molecule has 9 heteroatoms. The third-order valence-corrected chi connectivity index (χ3v) is 6.14. The van der Waals surface area contributed by atoms with Crippen LogP contribution in [0.5, 0.6) is 0 Å². The highest BCUT2D eigenvalue weighted by Gasteiger charge is 2.24. The number of primary sulfonamides is 1. The standard InChI is InChI=1S/C21H27FN4O3S/c1-14-8-9-19(22)20(11-14)26-10-4-6-17(13-26)25-21(27)24-15(2)16-5-3-7-18(12-16)30(23,28)29/h3,5,7-9,11-12,15,17H,4,6,10,13H2,1-2H3,(H2,23,28,29)(H2,24,25,27). The lowest BCUT2D eigenvalue weighted by Gasteiger charge is -2.35. The van der Waals surface area contributed by atoms with E-state index >= 15 is 0 Å². The Kier molecular flexibility index (Phi) is 6.62. The van der Waals surface area contributed by atoms with E-state index in [0.29, 0.717) is 17.8 Å². The van der Waals surface area contributed by atoms with Gasteiger partial charge in [0.25, 0.3) is 0 Å². The number of amides is 2. The molecule has 2 atom stereocenters. The molecular weight excluding hydrogens is 407 g/mol. The molecule has 0 aromatic heterocycles. The molecule has 2 aromatic carbocycles. The molecule has 1 saturated heterocycles. The molecule has 0 saturated carbocycles. The lowest BCUT2D eigenvalue weighted by molar-refractivity contribution is 0.232. The van der Waals surface area contributed by atoms with Crippen LogP contribution in [0.2, 0.25) is 0 Å². The lowest BCUT2D eigenvalue weighted by atomic mass is 10.0. The van der Waals surface area contributed by atoms with Gasteiger partial charge in [-0.15, -0.1) is 0 Å². The second-order valence-corrected chi connectivity index (χ2v) is 9.26. The van der Waals surface area contributed by atoms with Gasteiger partial charge in [0.1, 0.15) is 5.82 Å². The van der Waals surface area contributed by atoms with Gasteiger partial charge in [-0.25, -0.2) is 22.7 Å². The van der Waals surface area contributed by atoms with Crippen LogP contribution in [0.4, 0.5) is 14.9 Å². The van der Waals surface area contributed by atoms with Crippen LogP contribution in [0.25, 0.3) is 0 Å². The molecule has 4 N–H and O–H groups in total. The maximum absolute atomic E-state index is 14.2. The largest absolute Gasteiger partial charge is 0.367 e. The van der Waals surface area contributed by atoms with Crippen LogP contribution in [0.15, 0.2) is 47.4 Å². The minimum atomic E-state index is -3.81. The van der Waals surface area contributed by atoms with E-state index in [1.54, 1.807) is 25.1 Å². The molecule has 0 spiro atoms. The molecule has 3 rings (SSSR count). The zero-order valence-corrected chi connectivity index (χ0v) is 17.9. The molecule has 162 valence electrons. The SMILES string of the molecule is Cc1ccc(F)c(N2CCCC(NC(=O)NC(C)c3cccc(S(N)(=O)=O)c3)C2)c1. The van der Waals surface area contributed by atoms with Crippen molar-refractivity contribution in [1.29, 1.82) is 0 Å². The Balaban J connectivity index is 1.61. The van der Waals surface area contributed by atoms with Gasteiger partial charge in [-0.3, -0.25) is 0 Å². The average molecular weight is 435 g/mol. The van der Waals surface area contributed by atoms with Crippen molar-refractivity contribution in [2.75, 3.05) is 18.0 Å². The molecule has 7 nitrogen and oxygen atoms in total. The van der Waals surface area contributed by atoms with E-state index in [4.69, 9.17) is 5.14 Å². The summed E-state index contributed by atoms with van der Waals surface area (Å²) in [6.45, 7) is 4.93. The van der Waals surface area contributed by atoms with Crippen molar-refractivity contribution in [2.24, 2.45) is 5.14 Å². The molecule has 1 aliphatic rings. The number of carbonyl (C=O) groups excluding carboxylic acids is 1. The summed E-state index contributed by atoms with van der Waals surface area (Å²) in [6, 6.07) is 10.3. The topological polar surface area (TPSA) is 105 Å². The van der Waals surface area contributed by atoms with Crippen molar-refractivity contribution >= 4 is 21.7 Å². The zero-order chi connectivity index (χ0) is 21.9. The minimum absolute atomic E-state index is 0.00263. The number of hydrogen-bond donors (Lipinski definition) is 3. The number of benzene rings is 2. The third-order valence-electron chi connectivity index (χ3n) is 5.23. The van der Waals surface area contributed by atoms with E-state index in [-0.39, 0.29) is 22.8 Å². The van der Waals surface area contributed by atoms with E-state index in [1.165, 1.54) is 18.2 Å². The number of rotatable bonds is 5. The van der Waals surface area contributed by atoms with Crippen LogP contribution in [0, 0.1) is 12.7 Å². The van der Waals surface area contributed by atoms with Crippen molar-refractivity contribution in [3.8, 4) is 0 Å². The van der Waals surface area contributed by atoms with Crippen molar-refractivity contribution in [3.63, 3.8) is 0 Å². The highest BCUT2D eigenvalue weighted by atomic mass is 32.2. The lowest BCUT2D eigenvalue weighted by Crippen LogP contribution is -2.51. The van der Waals surface area contributed by atoms with E-state index in [1.807, 2.05) is 17.9 Å². The van der Waals surface area contributed by atoms with E-state index in [0.717, 1.165) is 24.9 Å². The van der Waals surface area contributed by atoms with Gasteiger partial charge in [-0.2, -0.15) is 0 Å². The van der Waals surface area contributed by atoms with Crippen molar-refractivity contribution < 1.29 is 17.6 Å². The minimum Gasteiger partial charge on any atom is -0.367 e. The zero-order valence-electron chi connectivity index (χ0n) is 17.1. The molecule has 1 aliphatic heterocycles. The van der Waals surface area contributed by atoms with Gasteiger partial charge in [0.05, 0.1) is 16.6 Å². The Hall–Kier alpha value is -2.65. The number of carbonyl (C=O) groups is 1. The summed E-state index contributed by atoms with van der Waals surface area (Å²) in [5.41, 5.74) is 2.16. The normalized spacial score (nSPS) is 18.0. The second kappa shape index (κ2) is 9.01. The van der Waals surface area contributed by atoms with Crippen LogP contribution in [0.3, 0.4) is 0 Å². The Morgan fingerprint density at radius 1 is 1.27 bits per heavy atom. The summed E-state index contributed by atoms with van der Waals surface area (Å²) in [7, 11) is -3.81. The van der Waals surface area contributed by atoms with Gasteiger partial charge in [-0.1, -0.05) is 18.2 Å². The number of aryl methyl sites for hydroxylation is 1. The number of anilines is 1. The van der Waals surface area contributed by atoms with Crippen LogP contribution < -0.4 is 20.7 Å². The molecule has 0 bridgehead atoms. The van der Waals surface area contributed by atoms with Gasteiger partial charge in [0.2, 0.25) is 10.0 Å². The Morgan fingerprint density at radius 2 is 2.03 bits per heavy atom. The molecule has 1 heterocycles. The van der Waals surface area contributed by atoms with E-state index in [2.05, 4.69) is 10.6 Å². The molecule has 1 fully saturated rings. The van der Waals surface area contributed by atoms with Crippen LogP contribution in [-0.2, 0) is 10.0 Å². The fourth-order valence-electron chi connectivity index (χ4n) is 3.65. The fraction of sp³-hybridized carbons (Fsp3) is 0.381. The third kappa shape index (κ3) is 5.48. The van der Waals surface area contributed by atoms with Crippen LogP contribution >= 0.6 is 0 Å². The van der Waals surface area contributed by atoms with Crippen molar-refractivity contribution in [3.05, 3.63) is 59.4 Å². The quantitative estimate of drug-likeness (QED) is 0.673. The second-order valence-electron chi connectivity index (χ2n) is 7.70. The summed E-state index contributed by atoms with van der Waals surface area (Å²) in [4.78, 5) is 14.4. The van der Waals surface area contributed by atoms with Gasteiger partial charge >= 0.3 is 6.03 Å². The fourth-order valence-corrected chi connectivity index (χ4v) is 4.22. The average Bonchev–Trinajstić information content (AvgIpc) is 2.69. The summed E-state index contributed by atoms with van der Waals surface area (Å²) < 4.78 is 37.3. The molecule has 2 unspecified atom stereocenters. The molecule has 0 aliphatic carbocycles. The summed E-state index contributed by atoms with van der Waals surface area (Å²) in [5.74, 6) is -0.269. The van der Waals surface area contributed by atoms with Gasteiger partial charge in [0, 0.05) is 19.1 Å². The van der Waals surface area contributed by atoms with E-state index in [9.17, 15) is 17.6 Å². The molecule has 2 aromatic rings. The highest BCUT2D eigenvalue weighted by molar-refractivity contribution is 7.89. The summed E-state index contributed by atoms with van der Waals surface area (Å²) >= 11 is 0. The number of halogens is 1. The number of piperidine rings is 1. The Bertz CT molecular complexity index is 1030. The molecule has 2 amide bonds. The van der Waals surface area contributed by atoms with E-state index < -0.39 is 16.1 Å². The summed E-state index contributed by atoms with van der Waals surface area (Å²) in [6.07, 6.45) is 1.64. The van der Waals surface area contributed by atoms with Crippen LogP contribution in [0.1, 0.15) is 36.9 Å².